The van der Waals surface area contributed by atoms with Gasteiger partial charge in [0.15, 0.2) is 0 Å². The van der Waals surface area contributed by atoms with Crippen molar-refractivity contribution in [1.82, 2.24) is 16.0 Å². The molecular weight excluding hydrogens is 218 g/mol. The molecule has 1 unspecified atom stereocenters. The molecule has 0 bridgehead atoms. The van der Waals surface area contributed by atoms with Gasteiger partial charge in [-0.15, -0.1) is 0 Å². The molecule has 17 heavy (non-hydrogen) atoms. The number of nitrogens with one attached hydrogen (secondary N) is 3. The molecule has 2 amide bonds. The Kier molecular flexibility index (Phi) is 4.93. The summed E-state index contributed by atoms with van der Waals surface area (Å²) in [4.78, 5) is 22.5. The molecular formula is C12H23N3O2. The van der Waals surface area contributed by atoms with Crippen molar-refractivity contribution in [2.24, 2.45) is 0 Å². The Bertz CT molecular complexity index is 284. The standard InChI is InChI=1S/C12H23N3O2/c1-12(2,3)14-7-6-10(16)13-8-9-4-5-11(17)15-9/h9,14H,4-8H2,1-3H3,(H,13,16)(H,15,17). The largest absolute Gasteiger partial charge is 0.354 e. The van der Waals surface area contributed by atoms with E-state index in [1.165, 1.54) is 0 Å². The van der Waals surface area contributed by atoms with Crippen molar-refractivity contribution in [3.05, 3.63) is 0 Å². The average molecular weight is 241 g/mol. The Labute approximate surface area is 103 Å². The lowest BCUT2D eigenvalue weighted by Gasteiger charge is -2.20. The van der Waals surface area contributed by atoms with Crippen molar-refractivity contribution in [3.8, 4) is 0 Å². The summed E-state index contributed by atoms with van der Waals surface area (Å²) in [6.07, 6.45) is 1.86. The van der Waals surface area contributed by atoms with Crippen LogP contribution in [0.4, 0.5) is 0 Å². The van der Waals surface area contributed by atoms with Crippen molar-refractivity contribution in [2.75, 3.05) is 13.1 Å². The van der Waals surface area contributed by atoms with Gasteiger partial charge in [0.2, 0.25) is 11.8 Å². The van der Waals surface area contributed by atoms with E-state index in [1.54, 1.807) is 0 Å². The third-order valence-electron chi connectivity index (χ3n) is 2.64. The van der Waals surface area contributed by atoms with Gasteiger partial charge >= 0.3 is 0 Å². The Morgan fingerprint density at radius 1 is 1.47 bits per heavy atom. The molecule has 5 nitrogen and oxygen atoms in total. The predicted molar refractivity (Wildman–Crippen MR) is 66.5 cm³/mol. The van der Waals surface area contributed by atoms with Crippen LogP contribution in [0, 0.1) is 0 Å². The maximum absolute atomic E-state index is 11.5. The Morgan fingerprint density at radius 3 is 2.71 bits per heavy atom. The van der Waals surface area contributed by atoms with Crippen molar-refractivity contribution in [1.29, 1.82) is 0 Å². The second-order valence-corrected chi connectivity index (χ2v) is 5.53. The van der Waals surface area contributed by atoms with Gasteiger partial charge in [0, 0.05) is 37.5 Å². The first-order chi connectivity index (χ1) is 7.87. The van der Waals surface area contributed by atoms with Gasteiger partial charge in [0.1, 0.15) is 0 Å². The number of carbonyl (C=O) groups excluding carboxylic acids is 2. The maximum Gasteiger partial charge on any atom is 0.221 e. The van der Waals surface area contributed by atoms with Crippen LogP contribution in [0.3, 0.4) is 0 Å². The van der Waals surface area contributed by atoms with Gasteiger partial charge in [-0.3, -0.25) is 9.59 Å². The van der Waals surface area contributed by atoms with Gasteiger partial charge in [-0.05, 0) is 27.2 Å². The monoisotopic (exact) mass is 241 g/mol. The van der Waals surface area contributed by atoms with E-state index in [1.807, 2.05) is 0 Å². The summed E-state index contributed by atoms with van der Waals surface area (Å²) in [5.74, 6) is 0.113. The van der Waals surface area contributed by atoms with Crippen molar-refractivity contribution < 1.29 is 9.59 Å². The predicted octanol–water partition coefficient (Wildman–Crippen LogP) is 0.159. The highest BCUT2D eigenvalue weighted by molar-refractivity contribution is 5.79. The summed E-state index contributed by atoms with van der Waals surface area (Å²) in [5.41, 5.74) is 0.0414. The highest BCUT2D eigenvalue weighted by Gasteiger charge is 2.20. The Hall–Kier alpha value is -1.10. The molecule has 1 rings (SSSR count). The lowest BCUT2D eigenvalue weighted by molar-refractivity contribution is -0.122. The van der Waals surface area contributed by atoms with Crippen molar-refractivity contribution >= 4 is 11.8 Å². The molecule has 0 saturated carbocycles. The van der Waals surface area contributed by atoms with Gasteiger partial charge in [0.05, 0.1) is 0 Å². The van der Waals surface area contributed by atoms with E-state index in [4.69, 9.17) is 0 Å². The fourth-order valence-electron chi connectivity index (χ4n) is 1.71. The molecule has 0 aromatic heterocycles. The van der Waals surface area contributed by atoms with E-state index < -0.39 is 0 Å². The normalized spacial score (nSPS) is 20.2. The topological polar surface area (TPSA) is 70.2 Å². The zero-order valence-electron chi connectivity index (χ0n) is 10.9. The third kappa shape index (κ3) is 6.26. The van der Waals surface area contributed by atoms with E-state index in [9.17, 15) is 9.59 Å². The van der Waals surface area contributed by atoms with E-state index in [-0.39, 0.29) is 23.4 Å². The van der Waals surface area contributed by atoms with Crippen LogP contribution in [0.15, 0.2) is 0 Å². The van der Waals surface area contributed by atoms with Crippen LogP contribution in [0.1, 0.15) is 40.0 Å². The average Bonchev–Trinajstić information content (AvgIpc) is 2.59. The van der Waals surface area contributed by atoms with Crippen molar-refractivity contribution in [2.45, 2.75) is 51.6 Å². The summed E-state index contributed by atoms with van der Waals surface area (Å²) in [5, 5.41) is 8.92. The minimum Gasteiger partial charge on any atom is -0.354 e. The molecule has 1 aliphatic heterocycles. The number of amides is 2. The molecule has 1 aliphatic rings. The zero-order chi connectivity index (χ0) is 12.9. The van der Waals surface area contributed by atoms with Crippen molar-refractivity contribution in [3.63, 3.8) is 0 Å². The minimum absolute atomic E-state index is 0.0305. The van der Waals surface area contributed by atoms with Crippen LogP contribution >= 0.6 is 0 Å². The lowest BCUT2D eigenvalue weighted by Crippen LogP contribution is -2.41. The van der Waals surface area contributed by atoms with E-state index in [0.717, 1.165) is 6.42 Å². The summed E-state index contributed by atoms with van der Waals surface area (Å²) in [6.45, 7) is 7.42. The van der Waals surface area contributed by atoms with Crippen LogP contribution in [0.2, 0.25) is 0 Å². The SMILES string of the molecule is CC(C)(C)NCCC(=O)NCC1CCC(=O)N1. The fraction of sp³-hybridized carbons (Fsp3) is 0.833. The second-order valence-electron chi connectivity index (χ2n) is 5.53. The molecule has 0 radical (unpaired) electrons. The Balaban J connectivity index is 2.07. The Morgan fingerprint density at radius 2 is 2.18 bits per heavy atom. The number of carbonyl (C=O) groups is 2. The molecule has 0 spiro atoms. The van der Waals surface area contributed by atoms with E-state index >= 15 is 0 Å². The molecule has 1 heterocycles. The van der Waals surface area contributed by atoms with Crippen LogP contribution in [-0.4, -0.2) is 36.5 Å². The fourth-order valence-corrected chi connectivity index (χ4v) is 1.71. The van der Waals surface area contributed by atoms with Gasteiger partial charge in [-0.2, -0.15) is 0 Å². The molecule has 3 N–H and O–H groups in total. The first kappa shape index (κ1) is 14.0. The smallest absolute Gasteiger partial charge is 0.221 e. The number of rotatable bonds is 5. The molecule has 98 valence electrons. The van der Waals surface area contributed by atoms with Crippen LogP contribution < -0.4 is 16.0 Å². The maximum atomic E-state index is 11.5. The number of hydrogen-bond donors (Lipinski definition) is 3. The van der Waals surface area contributed by atoms with Crippen LogP contribution in [0.5, 0.6) is 0 Å². The van der Waals surface area contributed by atoms with Gasteiger partial charge in [-0.1, -0.05) is 0 Å². The molecule has 0 aromatic rings. The molecule has 0 aliphatic carbocycles. The minimum atomic E-state index is 0.0305. The number of hydrogen-bond acceptors (Lipinski definition) is 3. The second kappa shape index (κ2) is 6.00. The van der Waals surface area contributed by atoms with E-state index in [0.29, 0.717) is 25.9 Å². The van der Waals surface area contributed by atoms with Crippen LogP contribution in [0.25, 0.3) is 0 Å². The molecule has 5 heteroatoms. The first-order valence-electron chi connectivity index (χ1n) is 6.18. The summed E-state index contributed by atoms with van der Waals surface area (Å²) in [6, 6.07) is 0.113. The summed E-state index contributed by atoms with van der Waals surface area (Å²) in [7, 11) is 0. The highest BCUT2D eigenvalue weighted by Crippen LogP contribution is 2.05. The van der Waals surface area contributed by atoms with Gasteiger partial charge < -0.3 is 16.0 Å². The molecule has 0 aromatic carbocycles. The third-order valence-corrected chi connectivity index (χ3v) is 2.64. The highest BCUT2D eigenvalue weighted by atomic mass is 16.2. The zero-order valence-corrected chi connectivity index (χ0v) is 10.9. The lowest BCUT2D eigenvalue weighted by atomic mass is 10.1. The summed E-state index contributed by atoms with van der Waals surface area (Å²) >= 11 is 0. The van der Waals surface area contributed by atoms with E-state index in [2.05, 4.69) is 36.7 Å². The first-order valence-corrected chi connectivity index (χ1v) is 6.18. The van der Waals surface area contributed by atoms with Gasteiger partial charge in [0.25, 0.3) is 0 Å². The summed E-state index contributed by atoms with van der Waals surface area (Å²) < 4.78 is 0. The molecule has 1 saturated heterocycles. The van der Waals surface area contributed by atoms with Crippen LogP contribution in [-0.2, 0) is 9.59 Å². The quantitative estimate of drug-likeness (QED) is 0.642. The molecule has 1 fully saturated rings. The van der Waals surface area contributed by atoms with Gasteiger partial charge in [-0.25, -0.2) is 0 Å². The molecule has 1 atom stereocenters.